The van der Waals surface area contributed by atoms with E-state index in [0.29, 0.717) is 5.75 Å². The monoisotopic (exact) mass is 194 g/mol. The van der Waals surface area contributed by atoms with Gasteiger partial charge in [-0.25, -0.2) is 9.78 Å². The van der Waals surface area contributed by atoms with Crippen LogP contribution in [0.1, 0.15) is 23.2 Å². The molecule has 0 atom stereocenters. The maximum Gasteiger partial charge on any atom is 0.341 e. The molecule has 14 heavy (non-hydrogen) atoms. The number of nitrogen functional groups attached to an aromatic ring is 1. The molecule has 1 aromatic rings. The standard InChI is InChI=1S/C9H10N2O3/c10-8-3-7(14-5-1-2-5)6(4-11-8)9(12)13/h3-5H,1-2H2,(H2,10,11)(H,12,13). The Kier molecular flexibility index (Phi) is 1.99. The van der Waals surface area contributed by atoms with Gasteiger partial charge < -0.3 is 15.6 Å². The first-order chi connectivity index (χ1) is 6.66. The Morgan fingerprint density at radius 2 is 2.36 bits per heavy atom. The van der Waals surface area contributed by atoms with E-state index in [4.69, 9.17) is 15.6 Å². The Morgan fingerprint density at radius 3 is 2.93 bits per heavy atom. The van der Waals surface area contributed by atoms with Crippen molar-refractivity contribution in [3.05, 3.63) is 17.8 Å². The van der Waals surface area contributed by atoms with Gasteiger partial charge in [0.2, 0.25) is 0 Å². The number of nitrogens with two attached hydrogens (primary N) is 1. The van der Waals surface area contributed by atoms with E-state index in [2.05, 4.69) is 4.98 Å². The zero-order valence-corrected chi connectivity index (χ0v) is 7.43. The van der Waals surface area contributed by atoms with Crippen LogP contribution in [0, 0.1) is 0 Å². The fourth-order valence-corrected chi connectivity index (χ4v) is 1.08. The number of hydrogen-bond acceptors (Lipinski definition) is 4. The predicted octanol–water partition coefficient (Wildman–Crippen LogP) is 0.903. The Morgan fingerprint density at radius 1 is 1.64 bits per heavy atom. The summed E-state index contributed by atoms with van der Waals surface area (Å²) >= 11 is 0. The second-order valence-corrected chi connectivity index (χ2v) is 3.23. The van der Waals surface area contributed by atoms with Crippen LogP contribution in [0.3, 0.4) is 0 Å². The summed E-state index contributed by atoms with van der Waals surface area (Å²) in [6, 6.07) is 1.45. The van der Waals surface area contributed by atoms with Gasteiger partial charge in [-0.2, -0.15) is 0 Å². The van der Waals surface area contributed by atoms with E-state index in [1.54, 1.807) is 0 Å². The first-order valence-corrected chi connectivity index (χ1v) is 4.32. The number of rotatable bonds is 3. The molecule has 0 aliphatic heterocycles. The Bertz CT molecular complexity index is 374. The third-order valence-electron chi connectivity index (χ3n) is 1.94. The lowest BCUT2D eigenvalue weighted by molar-refractivity contribution is 0.0691. The molecule has 1 saturated carbocycles. The lowest BCUT2D eigenvalue weighted by Crippen LogP contribution is -2.06. The van der Waals surface area contributed by atoms with Crippen molar-refractivity contribution in [1.29, 1.82) is 0 Å². The van der Waals surface area contributed by atoms with Gasteiger partial charge in [-0.3, -0.25) is 0 Å². The molecule has 1 aliphatic rings. The number of anilines is 1. The van der Waals surface area contributed by atoms with Crippen molar-refractivity contribution in [2.75, 3.05) is 5.73 Å². The van der Waals surface area contributed by atoms with Crippen molar-refractivity contribution in [3.63, 3.8) is 0 Å². The smallest absolute Gasteiger partial charge is 0.341 e. The molecule has 1 heterocycles. The minimum atomic E-state index is -1.05. The van der Waals surface area contributed by atoms with Gasteiger partial charge >= 0.3 is 5.97 Å². The highest BCUT2D eigenvalue weighted by atomic mass is 16.5. The summed E-state index contributed by atoms with van der Waals surface area (Å²) in [4.78, 5) is 14.5. The molecule has 0 amide bonds. The second-order valence-electron chi connectivity index (χ2n) is 3.23. The van der Waals surface area contributed by atoms with Crippen molar-refractivity contribution in [2.24, 2.45) is 0 Å². The number of aromatic carboxylic acids is 1. The van der Waals surface area contributed by atoms with Crippen LogP contribution in [0.25, 0.3) is 0 Å². The molecular weight excluding hydrogens is 184 g/mol. The molecule has 5 heteroatoms. The Hall–Kier alpha value is -1.78. The van der Waals surface area contributed by atoms with Crippen LogP contribution in [0.2, 0.25) is 0 Å². The number of carboxylic acid groups (broad SMARTS) is 1. The zero-order chi connectivity index (χ0) is 10.1. The molecule has 1 fully saturated rings. The van der Waals surface area contributed by atoms with E-state index in [1.165, 1.54) is 12.3 Å². The normalized spacial score (nSPS) is 15.1. The maximum atomic E-state index is 10.8. The Labute approximate surface area is 80.5 Å². The summed E-state index contributed by atoms with van der Waals surface area (Å²) in [5.41, 5.74) is 5.50. The molecule has 1 aliphatic carbocycles. The number of carbonyl (C=O) groups is 1. The van der Waals surface area contributed by atoms with Gasteiger partial charge in [0.1, 0.15) is 17.1 Å². The number of aromatic nitrogens is 1. The molecule has 0 saturated heterocycles. The van der Waals surface area contributed by atoms with Crippen molar-refractivity contribution < 1.29 is 14.6 Å². The molecule has 0 spiro atoms. The van der Waals surface area contributed by atoms with Gasteiger partial charge in [-0.1, -0.05) is 0 Å². The highest BCUT2D eigenvalue weighted by molar-refractivity contribution is 5.90. The summed E-state index contributed by atoms with van der Waals surface area (Å²) in [7, 11) is 0. The topological polar surface area (TPSA) is 85.4 Å². The van der Waals surface area contributed by atoms with Gasteiger partial charge in [0, 0.05) is 12.3 Å². The maximum absolute atomic E-state index is 10.8. The highest BCUT2D eigenvalue weighted by Crippen LogP contribution is 2.29. The van der Waals surface area contributed by atoms with Crippen LogP contribution >= 0.6 is 0 Å². The van der Waals surface area contributed by atoms with Crippen molar-refractivity contribution in [3.8, 4) is 5.75 Å². The van der Waals surface area contributed by atoms with Crippen LogP contribution < -0.4 is 10.5 Å². The highest BCUT2D eigenvalue weighted by Gasteiger charge is 2.25. The molecule has 2 rings (SSSR count). The molecule has 0 aromatic carbocycles. The summed E-state index contributed by atoms with van der Waals surface area (Å²) in [6.07, 6.45) is 3.31. The fourth-order valence-electron chi connectivity index (χ4n) is 1.08. The van der Waals surface area contributed by atoms with Gasteiger partial charge in [0.15, 0.2) is 0 Å². The van der Waals surface area contributed by atoms with E-state index in [1.807, 2.05) is 0 Å². The number of ether oxygens (including phenoxy) is 1. The van der Waals surface area contributed by atoms with Gasteiger partial charge in [0.25, 0.3) is 0 Å². The first-order valence-electron chi connectivity index (χ1n) is 4.32. The van der Waals surface area contributed by atoms with Crippen molar-refractivity contribution >= 4 is 11.8 Å². The molecule has 0 bridgehead atoms. The lowest BCUT2D eigenvalue weighted by Gasteiger charge is -2.07. The van der Waals surface area contributed by atoms with E-state index < -0.39 is 5.97 Å². The van der Waals surface area contributed by atoms with Crippen LogP contribution in [-0.2, 0) is 0 Å². The molecular formula is C9H10N2O3. The molecule has 0 unspecified atom stereocenters. The zero-order valence-electron chi connectivity index (χ0n) is 7.43. The molecule has 74 valence electrons. The van der Waals surface area contributed by atoms with Gasteiger partial charge in [0.05, 0.1) is 6.10 Å². The van der Waals surface area contributed by atoms with Gasteiger partial charge in [-0.15, -0.1) is 0 Å². The number of carboxylic acids is 1. The van der Waals surface area contributed by atoms with E-state index in [0.717, 1.165) is 12.8 Å². The first kappa shape index (κ1) is 8.80. The largest absolute Gasteiger partial charge is 0.489 e. The van der Waals surface area contributed by atoms with Crippen LogP contribution in [0.15, 0.2) is 12.3 Å². The summed E-state index contributed by atoms with van der Waals surface area (Å²) in [5.74, 6) is -0.466. The van der Waals surface area contributed by atoms with Crippen LogP contribution in [0.5, 0.6) is 5.75 Å². The minimum absolute atomic E-state index is 0.0612. The van der Waals surface area contributed by atoms with Crippen LogP contribution in [-0.4, -0.2) is 22.2 Å². The average molecular weight is 194 g/mol. The third-order valence-corrected chi connectivity index (χ3v) is 1.94. The summed E-state index contributed by atoms with van der Waals surface area (Å²) < 4.78 is 5.40. The SMILES string of the molecule is Nc1cc(OC2CC2)c(C(=O)O)cn1. The average Bonchev–Trinajstić information content (AvgIpc) is 2.87. The number of nitrogens with zero attached hydrogens (tertiary/aromatic N) is 1. The fraction of sp³-hybridized carbons (Fsp3) is 0.333. The van der Waals surface area contributed by atoms with Crippen molar-refractivity contribution in [2.45, 2.75) is 18.9 Å². The molecule has 5 nitrogen and oxygen atoms in total. The van der Waals surface area contributed by atoms with E-state index in [9.17, 15) is 4.79 Å². The predicted molar refractivity (Wildman–Crippen MR) is 49.3 cm³/mol. The van der Waals surface area contributed by atoms with E-state index >= 15 is 0 Å². The van der Waals surface area contributed by atoms with Gasteiger partial charge in [-0.05, 0) is 12.8 Å². The minimum Gasteiger partial charge on any atom is -0.489 e. The van der Waals surface area contributed by atoms with E-state index in [-0.39, 0.29) is 17.5 Å². The summed E-state index contributed by atoms with van der Waals surface area (Å²) in [5, 5.41) is 8.83. The molecule has 1 aromatic heterocycles. The third kappa shape index (κ3) is 1.76. The second kappa shape index (κ2) is 3.17. The Balaban J connectivity index is 2.31. The lowest BCUT2D eigenvalue weighted by atomic mass is 10.2. The van der Waals surface area contributed by atoms with Crippen molar-refractivity contribution in [1.82, 2.24) is 4.98 Å². The molecule has 0 radical (unpaired) electrons. The number of pyridine rings is 1. The molecule has 3 N–H and O–H groups in total. The summed E-state index contributed by atoms with van der Waals surface area (Å²) in [6.45, 7) is 0. The quantitative estimate of drug-likeness (QED) is 0.746. The van der Waals surface area contributed by atoms with Crippen LogP contribution in [0.4, 0.5) is 5.82 Å². The number of hydrogen-bond donors (Lipinski definition) is 2.